The van der Waals surface area contributed by atoms with Crippen molar-refractivity contribution in [3.05, 3.63) is 75.1 Å². The van der Waals surface area contributed by atoms with Crippen LogP contribution >= 0.6 is 23.1 Å². The number of thiophene rings is 1. The molecule has 6 nitrogen and oxygen atoms in total. The third-order valence-corrected chi connectivity index (χ3v) is 7.09. The lowest BCUT2D eigenvalue weighted by Gasteiger charge is -2.15. The summed E-state index contributed by atoms with van der Waals surface area (Å²) in [5, 5.41) is 10.3. The van der Waals surface area contributed by atoms with Crippen molar-refractivity contribution in [1.82, 2.24) is 14.5 Å². The Bertz CT molecular complexity index is 1380. The van der Waals surface area contributed by atoms with Crippen LogP contribution in [0, 0.1) is 6.92 Å². The highest BCUT2D eigenvalue weighted by atomic mass is 32.2. The number of alkyl halides is 3. The molecular weight excluding hydrogens is 463 g/mol. The first-order valence-electron chi connectivity index (χ1n) is 9.35. The first-order chi connectivity index (χ1) is 15.1. The highest BCUT2D eigenvalue weighted by Gasteiger charge is 2.39. The number of fused-ring (bicyclic) bond motifs is 1. The molecule has 3 heterocycles. The Hall–Kier alpha value is -2.89. The van der Waals surface area contributed by atoms with Crippen molar-refractivity contribution in [3.63, 3.8) is 0 Å². The standard InChI is InChI=1S/C21H16F3N3O3S2/c1-11-16-18(29)26-20(30)27(10-14(28)21(22,23)24)19(16)32-17(11)12-7-8-15(25-9-12)31-13-5-3-2-4-6-13/h2-9,14,28H,10H2,1H3,(H,26,29,30)/t14-/m1/s1. The maximum atomic E-state index is 12.8. The minimum Gasteiger partial charge on any atom is -0.382 e. The second-order valence-electron chi connectivity index (χ2n) is 6.96. The summed E-state index contributed by atoms with van der Waals surface area (Å²) in [7, 11) is 0. The molecule has 0 bridgehead atoms. The Labute approximate surface area is 187 Å². The van der Waals surface area contributed by atoms with E-state index in [-0.39, 0.29) is 10.2 Å². The highest BCUT2D eigenvalue weighted by molar-refractivity contribution is 7.99. The predicted molar refractivity (Wildman–Crippen MR) is 117 cm³/mol. The molecule has 11 heteroatoms. The lowest BCUT2D eigenvalue weighted by molar-refractivity contribution is -0.207. The van der Waals surface area contributed by atoms with Crippen LogP contribution in [0.4, 0.5) is 13.2 Å². The lowest BCUT2D eigenvalue weighted by atomic mass is 10.1. The van der Waals surface area contributed by atoms with Crippen molar-refractivity contribution in [2.24, 2.45) is 0 Å². The number of rotatable bonds is 5. The van der Waals surface area contributed by atoms with E-state index in [4.69, 9.17) is 0 Å². The fourth-order valence-corrected chi connectivity index (χ4v) is 5.26. The molecule has 4 aromatic rings. The second kappa shape index (κ2) is 8.57. The number of aliphatic hydroxyl groups is 1. The third kappa shape index (κ3) is 4.36. The van der Waals surface area contributed by atoms with Gasteiger partial charge in [0.1, 0.15) is 9.86 Å². The van der Waals surface area contributed by atoms with Crippen LogP contribution in [-0.2, 0) is 6.54 Å². The van der Waals surface area contributed by atoms with Crippen LogP contribution in [0.5, 0.6) is 0 Å². The Morgan fingerprint density at radius 1 is 1.19 bits per heavy atom. The number of pyridine rings is 1. The van der Waals surface area contributed by atoms with Crippen LogP contribution in [0.15, 0.2) is 68.2 Å². The van der Waals surface area contributed by atoms with Crippen LogP contribution < -0.4 is 11.2 Å². The van der Waals surface area contributed by atoms with Crippen LogP contribution in [-0.4, -0.2) is 31.9 Å². The van der Waals surface area contributed by atoms with Crippen molar-refractivity contribution in [2.75, 3.05) is 0 Å². The van der Waals surface area contributed by atoms with Gasteiger partial charge >= 0.3 is 11.9 Å². The second-order valence-corrected chi connectivity index (χ2v) is 9.06. The number of aromatic nitrogens is 3. The Kier molecular flexibility index (Phi) is 5.97. The minimum atomic E-state index is -4.90. The highest BCUT2D eigenvalue weighted by Crippen LogP contribution is 2.37. The molecule has 1 aromatic carbocycles. The van der Waals surface area contributed by atoms with Crippen LogP contribution in [0.3, 0.4) is 0 Å². The zero-order valence-corrected chi connectivity index (χ0v) is 18.1. The SMILES string of the molecule is Cc1c(-c2ccc(Sc3ccccc3)nc2)sc2c1c(=O)[nH]c(=O)n2C[C@@H](O)C(F)(F)F. The lowest BCUT2D eigenvalue weighted by Crippen LogP contribution is -2.38. The van der Waals surface area contributed by atoms with Gasteiger partial charge in [-0.05, 0) is 36.8 Å². The number of nitrogens with one attached hydrogen (secondary N) is 1. The van der Waals surface area contributed by atoms with Gasteiger partial charge in [-0.25, -0.2) is 9.78 Å². The molecule has 2 N–H and O–H groups in total. The fraction of sp³-hybridized carbons (Fsp3) is 0.190. The minimum absolute atomic E-state index is 0.0669. The number of aryl methyl sites for hydroxylation is 1. The molecular formula is C21H16F3N3O3S2. The van der Waals surface area contributed by atoms with E-state index >= 15 is 0 Å². The summed E-state index contributed by atoms with van der Waals surface area (Å²) >= 11 is 2.49. The zero-order chi connectivity index (χ0) is 23.0. The molecule has 0 radical (unpaired) electrons. The number of hydrogen-bond acceptors (Lipinski definition) is 6. The molecule has 0 saturated carbocycles. The Morgan fingerprint density at radius 3 is 2.53 bits per heavy atom. The van der Waals surface area contributed by atoms with Gasteiger partial charge < -0.3 is 5.11 Å². The van der Waals surface area contributed by atoms with Crippen molar-refractivity contribution in [2.45, 2.75) is 35.7 Å². The molecule has 32 heavy (non-hydrogen) atoms. The van der Waals surface area contributed by atoms with E-state index in [1.54, 1.807) is 19.2 Å². The summed E-state index contributed by atoms with van der Waals surface area (Å²) in [5.41, 5.74) is -0.513. The van der Waals surface area contributed by atoms with Crippen molar-refractivity contribution < 1.29 is 18.3 Å². The van der Waals surface area contributed by atoms with Gasteiger partial charge in [-0.1, -0.05) is 30.0 Å². The van der Waals surface area contributed by atoms with Gasteiger partial charge in [0, 0.05) is 21.5 Å². The van der Waals surface area contributed by atoms with E-state index in [1.807, 2.05) is 41.4 Å². The molecule has 0 aliphatic heterocycles. The molecule has 0 saturated heterocycles. The monoisotopic (exact) mass is 479 g/mol. The molecule has 0 aliphatic carbocycles. The first kappa shape index (κ1) is 22.3. The van der Waals surface area contributed by atoms with E-state index in [9.17, 15) is 27.9 Å². The van der Waals surface area contributed by atoms with Crippen LogP contribution in [0.2, 0.25) is 0 Å². The van der Waals surface area contributed by atoms with Gasteiger partial charge in [0.15, 0.2) is 6.10 Å². The van der Waals surface area contributed by atoms with E-state index in [0.29, 0.717) is 16.0 Å². The molecule has 0 fully saturated rings. The van der Waals surface area contributed by atoms with Gasteiger partial charge in [-0.3, -0.25) is 14.3 Å². The number of nitrogens with zero attached hydrogens (tertiary/aromatic N) is 2. The fourth-order valence-electron chi connectivity index (χ4n) is 3.18. The van der Waals surface area contributed by atoms with Crippen molar-refractivity contribution in [1.29, 1.82) is 0 Å². The number of H-pyrrole nitrogens is 1. The quantitative estimate of drug-likeness (QED) is 0.448. The summed E-state index contributed by atoms with van der Waals surface area (Å²) in [6.07, 6.45) is -6.02. The maximum Gasteiger partial charge on any atom is 0.416 e. The Balaban J connectivity index is 1.75. The van der Waals surface area contributed by atoms with Crippen LogP contribution in [0.25, 0.3) is 20.7 Å². The summed E-state index contributed by atoms with van der Waals surface area (Å²) in [6.45, 7) is 0.644. The molecule has 3 aromatic heterocycles. The van der Waals surface area contributed by atoms with E-state index in [1.165, 1.54) is 11.8 Å². The topological polar surface area (TPSA) is 88.0 Å². The summed E-state index contributed by atoms with van der Waals surface area (Å²) in [6, 6.07) is 13.3. The average Bonchev–Trinajstić information content (AvgIpc) is 3.09. The normalized spacial score (nSPS) is 12.9. The van der Waals surface area contributed by atoms with Gasteiger partial charge in [0.05, 0.1) is 11.9 Å². The smallest absolute Gasteiger partial charge is 0.382 e. The van der Waals surface area contributed by atoms with E-state index in [0.717, 1.165) is 25.8 Å². The number of hydrogen-bond donors (Lipinski definition) is 2. The molecule has 0 spiro atoms. The van der Waals surface area contributed by atoms with Gasteiger partial charge in [-0.2, -0.15) is 13.2 Å². The van der Waals surface area contributed by atoms with Gasteiger partial charge in [-0.15, -0.1) is 11.3 Å². The molecule has 0 amide bonds. The van der Waals surface area contributed by atoms with Crippen molar-refractivity contribution >= 4 is 33.3 Å². The maximum absolute atomic E-state index is 12.8. The van der Waals surface area contributed by atoms with Crippen LogP contribution in [0.1, 0.15) is 5.56 Å². The number of aliphatic hydroxyl groups excluding tert-OH is 1. The van der Waals surface area contributed by atoms with Gasteiger partial charge in [0.25, 0.3) is 5.56 Å². The largest absolute Gasteiger partial charge is 0.416 e. The summed E-state index contributed by atoms with van der Waals surface area (Å²) in [4.78, 5) is 32.8. The molecule has 1 atom stereocenters. The molecule has 4 rings (SSSR count). The predicted octanol–water partition coefficient (Wildman–Crippen LogP) is 4.20. The summed E-state index contributed by atoms with van der Waals surface area (Å²) < 4.78 is 39.3. The Morgan fingerprint density at radius 2 is 1.91 bits per heavy atom. The summed E-state index contributed by atoms with van der Waals surface area (Å²) in [5.74, 6) is 0. The van der Waals surface area contributed by atoms with Crippen molar-refractivity contribution in [3.8, 4) is 10.4 Å². The van der Waals surface area contributed by atoms with Gasteiger partial charge in [0.2, 0.25) is 0 Å². The van der Waals surface area contributed by atoms with E-state index < -0.39 is 30.1 Å². The average molecular weight is 480 g/mol. The molecule has 166 valence electrons. The third-order valence-electron chi connectivity index (χ3n) is 4.76. The number of aromatic amines is 1. The zero-order valence-electron chi connectivity index (χ0n) is 16.5. The number of halogens is 3. The number of benzene rings is 1. The first-order valence-corrected chi connectivity index (χ1v) is 11.0. The molecule has 0 unspecified atom stereocenters. The molecule has 0 aliphatic rings. The van der Waals surface area contributed by atoms with E-state index in [2.05, 4.69) is 4.98 Å².